The lowest BCUT2D eigenvalue weighted by molar-refractivity contribution is -0.0519. The number of nitrogens with one attached hydrogen (secondary N) is 1. The summed E-state index contributed by atoms with van der Waals surface area (Å²) in [5, 5.41) is 6.80. The number of allylic oxidation sites excluding steroid dienone is 1. The summed E-state index contributed by atoms with van der Waals surface area (Å²) in [6, 6.07) is 6.62. The molecule has 2 amide bonds. The van der Waals surface area contributed by atoms with E-state index in [0.29, 0.717) is 24.8 Å². The van der Waals surface area contributed by atoms with Crippen LogP contribution in [0.2, 0.25) is 0 Å². The molecule has 8 heteroatoms. The Labute approximate surface area is 162 Å². The third-order valence-corrected chi connectivity index (χ3v) is 5.10. The van der Waals surface area contributed by atoms with E-state index >= 15 is 0 Å². The predicted molar refractivity (Wildman–Crippen MR) is 99.7 cm³/mol. The molecule has 0 spiro atoms. The Bertz CT molecular complexity index is 859. The number of benzene rings is 1. The van der Waals surface area contributed by atoms with E-state index in [1.807, 2.05) is 0 Å². The molecule has 28 heavy (non-hydrogen) atoms. The van der Waals surface area contributed by atoms with Crippen LogP contribution in [0.25, 0.3) is 5.57 Å². The van der Waals surface area contributed by atoms with Gasteiger partial charge in [0.15, 0.2) is 5.82 Å². The first kappa shape index (κ1) is 18.6. The van der Waals surface area contributed by atoms with Crippen LogP contribution in [-0.4, -0.2) is 46.3 Å². The summed E-state index contributed by atoms with van der Waals surface area (Å²) in [7, 11) is 0. The Hall–Kier alpha value is -2.74. The molecule has 1 aromatic heterocycles. The minimum absolute atomic E-state index is 0.00529. The highest BCUT2D eigenvalue weighted by Crippen LogP contribution is 2.27. The van der Waals surface area contributed by atoms with Crippen LogP contribution in [0.3, 0.4) is 0 Å². The van der Waals surface area contributed by atoms with Crippen molar-refractivity contribution in [1.29, 1.82) is 0 Å². The molecule has 1 atom stereocenters. The van der Waals surface area contributed by atoms with Gasteiger partial charge in [-0.05, 0) is 49.5 Å². The second-order valence-electron chi connectivity index (χ2n) is 7.23. The Balaban J connectivity index is 1.19. The van der Waals surface area contributed by atoms with E-state index in [9.17, 15) is 9.18 Å². The summed E-state index contributed by atoms with van der Waals surface area (Å²) in [6.45, 7) is 3.14. The number of carbonyl (C=O) groups excluding carboxylic acids is 1. The lowest BCUT2D eigenvalue weighted by Gasteiger charge is -2.39. The van der Waals surface area contributed by atoms with Gasteiger partial charge in [-0.3, -0.25) is 0 Å². The van der Waals surface area contributed by atoms with E-state index in [-0.39, 0.29) is 30.6 Å². The van der Waals surface area contributed by atoms with Gasteiger partial charge in [0.1, 0.15) is 12.4 Å². The predicted octanol–water partition coefficient (Wildman–Crippen LogP) is 3.06. The van der Waals surface area contributed by atoms with Gasteiger partial charge < -0.3 is 19.5 Å². The Morgan fingerprint density at radius 1 is 1.36 bits per heavy atom. The monoisotopic (exact) mass is 386 g/mol. The molecule has 0 bridgehead atoms. The van der Waals surface area contributed by atoms with Crippen molar-refractivity contribution >= 4 is 11.6 Å². The van der Waals surface area contributed by atoms with Crippen LogP contribution in [0, 0.1) is 12.7 Å². The number of amides is 2. The third-order valence-electron chi connectivity index (χ3n) is 5.10. The fraction of sp³-hybridized carbons (Fsp3) is 0.450. The summed E-state index contributed by atoms with van der Waals surface area (Å²) in [6.07, 6.45) is 4.65. The number of aromatic nitrogens is 2. The Morgan fingerprint density at radius 2 is 2.14 bits per heavy atom. The molecule has 1 aliphatic heterocycles. The molecular weight excluding hydrogens is 363 g/mol. The van der Waals surface area contributed by atoms with Gasteiger partial charge in [0, 0.05) is 6.04 Å². The molecular formula is C20H23FN4O3. The first-order valence-corrected chi connectivity index (χ1v) is 9.48. The summed E-state index contributed by atoms with van der Waals surface area (Å²) in [5.74, 6) is 0.804. The SMILES string of the molecule is Cc1noc(COC2CN(C(=O)NC3CC=C(c4ccc(F)cc4)CC3)C2)n1. The largest absolute Gasteiger partial charge is 0.365 e. The van der Waals surface area contributed by atoms with Crippen molar-refractivity contribution < 1.29 is 18.4 Å². The van der Waals surface area contributed by atoms with E-state index < -0.39 is 0 Å². The van der Waals surface area contributed by atoms with Crippen LogP contribution < -0.4 is 5.32 Å². The van der Waals surface area contributed by atoms with Crippen molar-refractivity contribution in [2.75, 3.05) is 13.1 Å². The molecule has 148 valence electrons. The lowest BCUT2D eigenvalue weighted by Crippen LogP contribution is -2.59. The highest BCUT2D eigenvalue weighted by molar-refractivity contribution is 5.76. The van der Waals surface area contributed by atoms with Crippen LogP contribution in [-0.2, 0) is 11.3 Å². The first-order valence-electron chi connectivity index (χ1n) is 9.48. The van der Waals surface area contributed by atoms with Gasteiger partial charge in [0.25, 0.3) is 5.89 Å². The minimum Gasteiger partial charge on any atom is -0.365 e. The first-order chi connectivity index (χ1) is 13.6. The number of halogens is 1. The van der Waals surface area contributed by atoms with Crippen LogP contribution in [0.15, 0.2) is 34.9 Å². The third kappa shape index (κ3) is 4.39. The highest BCUT2D eigenvalue weighted by Gasteiger charge is 2.32. The maximum atomic E-state index is 13.0. The van der Waals surface area contributed by atoms with Crippen molar-refractivity contribution in [1.82, 2.24) is 20.4 Å². The summed E-state index contributed by atoms with van der Waals surface area (Å²) in [4.78, 5) is 18.2. The molecule has 1 saturated heterocycles. The zero-order chi connectivity index (χ0) is 19.5. The van der Waals surface area contributed by atoms with E-state index in [2.05, 4.69) is 21.5 Å². The quantitative estimate of drug-likeness (QED) is 0.854. The number of aryl methyl sites for hydroxylation is 1. The zero-order valence-corrected chi connectivity index (χ0v) is 15.7. The van der Waals surface area contributed by atoms with E-state index in [1.54, 1.807) is 24.0 Å². The van der Waals surface area contributed by atoms with Crippen molar-refractivity contribution in [2.24, 2.45) is 0 Å². The van der Waals surface area contributed by atoms with Gasteiger partial charge >= 0.3 is 6.03 Å². The fourth-order valence-electron chi connectivity index (χ4n) is 3.45. The Kier molecular flexibility index (Phi) is 5.38. The molecule has 0 saturated carbocycles. The molecule has 2 aromatic rings. The maximum absolute atomic E-state index is 13.0. The average Bonchev–Trinajstić information content (AvgIpc) is 3.07. The normalized spacial score (nSPS) is 19.9. The van der Waals surface area contributed by atoms with Crippen molar-refractivity contribution in [2.45, 2.75) is 44.9 Å². The zero-order valence-electron chi connectivity index (χ0n) is 15.7. The van der Waals surface area contributed by atoms with Gasteiger partial charge in [0.05, 0.1) is 19.2 Å². The standard InChI is InChI=1S/C20H23FN4O3/c1-13-22-19(28-24-13)12-27-18-10-25(11-18)20(26)23-17-8-4-15(5-9-17)14-2-6-16(21)7-3-14/h2-4,6-7,17-18H,5,8-12H2,1H3,(H,23,26). The molecule has 1 fully saturated rings. The molecule has 1 unspecified atom stereocenters. The number of nitrogens with zero attached hydrogens (tertiary/aromatic N) is 3. The van der Waals surface area contributed by atoms with E-state index in [4.69, 9.17) is 9.26 Å². The molecule has 2 heterocycles. The Morgan fingerprint density at radius 3 is 2.79 bits per heavy atom. The van der Waals surface area contributed by atoms with Gasteiger partial charge in [-0.25, -0.2) is 9.18 Å². The minimum atomic E-state index is -0.227. The van der Waals surface area contributed by atoms with Gasteiger partial charge in [-0.1, -0.05) is 23.4 Å². The molecule has 7 nitrogen and oxygen atoms in total. The van der Waals surface area contributed by atoms with E-state index in [0.717, 1.165) is 24.8 Å². The second-order valence-corrected chi connectivity index (χ2v) is 7.23. The molecule has 4 rings (SSSR count). The summed E-state index contributed by atoms with van der Waals surface area (Å²) in [5.41, 5.74) is 2.25. The summed E-state index contributed by atoms with van der Waals surface area (Å²) < 4.78 is 23.7. The van der Waals surface area contributed by atoms with Crippen molar-refractivity contribution in [3.05, 3.63) is 53.4 Å². The number of rotatable bonds is 5. The number of urea groups is 1. The smallest absolute Gasteiger partial charge is 0.317 e. The molecule has 0 radical (unpaired) electrons. The van der Waals surface area contributed by atoms with Gasteiger partial charge in [-0.15, -0.1) is 0 Å². The van der Waals surface area contributed by atoms with Crippen LogP contribution in [0.4, 0.5) is 9.18 Å². The molecule has 1 aliphatic carbocycles. The summed E-state index contributed by atoms with van der Waals surface area (Å²) >= 11 is 0. The maximum Gasteiger partial charge on any atom is 0.317 e. The second kappa shape index (κ2) is 8.10. The van der Waals surface area contributed by atoms with E-state index in [1.165, 1.54) is 17.7 Å². The molecule has 1 N–H and O–H groups in total. The van der Waals surface area contributed by atoms with Crippen LogP contribution in [0.5, 0.6) is 0 Å². The highest BCUT2D eigenvalue weighted by atomic mass is 19.1. The van der Waals surface area contributed by atoms with Crippen molar-refractivity contribution in [3.63, 3.8) is 0 Å². The molecule has 2 aliphatic rings. The van der Waals surface area contributed by atoms with Crippen LogP contribution in [0.1, 0.15) is 36.5 Å². The number of ether oxygens (including phenoxy) is 1. The number of hydrogen-bond donors (Lipinski definition) is 1. The number of hydrogen-bond acceptors (Lipinski definition) is 5. The van der Waals surface area contributed by atoms with Gasteiger partial charge in [-0.2, -0.15) is 4.98 Å². The lowest BCUT2D eigenvalue weighted by atomic mass is 9.91. The van der Waals surface area contributed by atoms with Crippen molar-refractivity contribution in [3.8, 4) is 0 Å². The number of likely N-dealkylation sites (tertiary alicyclic amines) is 1. The number of carbonyl (C=O) groups is 1. The topological polar surface area (TPSA) is 80.5 Å². The van der Waals surface area contributed by atoms with Crippen LogP contribution >= 0.6 is 0 Å². The average molecular weight is 386 g/mol. The molecule has 1 aromatic carbocycles. The van der Waals surface area contributed by atoms with Gasteiger partial charge in [0.2, 0.25) is 0 Å². The fourth-order valence-corrected chi connectivity index (χ4v) is 3.45.